The molecule has 1 amide bonds. The SMILES string of the molecule is COc1ccc(CCN2C(=O)C(=O)/C(=C(/O)c3cc(C(C)(C)C)ccc3OC)C2c2ccc(C(C)(C)C)cc2)cc1. The number of ether oxygens (including phenoxy) is 2. The second kappa shape index (κ2) is 11.4. The Bertz CT molecular complexity index is 1450. The van der Waals surface area contributed by atoms with Gasteiger partial charge in [0, 0.05) is 6.54 Å². The van der Waals surface area contributed by atoms with E-state index in [-0.39, 0.29) is 22.2 Å². The zero-order valence-corrected chi connectivity index (χ0v) is 25.4. The van der Waals surface area contributed by atoms with Gasteiger partial charge in [-0.05, 0) is 63.8 Å². The normalized spacial score (nSPS) is 17.2. The Morgan fingerprint density at radius 2 is 1.39 bits per heavy atom. The lowest BCUT2D eigenvalue weighted by molar-refractivity contribution is -0.139. The standard InChI is InChI=1S/C35H41NO5/c1-34(2,3)24-13-11-23(12-14-24)30-29(31(37)27-21-25(35(4,5)6)15-18-28(27)41-8)32(38)33(39)36(30)20-19-22-9-16-26(40-7)17-10-22/h9-18,21,30,37H,19-20H2,1-8H3/b31-29+. The molecule has 0 aromatic heterocycles. The summed E-state index contributed by atoms with van der Waals surface area (Å²) in [5, 5.41) is 11.8. The zero-order valence-electron chi connectivity index (χ0n) is 25.4. The predicted molar refractivity (Wildman–Crippen MR) is 163 cm³/mol. The summed E-state index contributed by atoms with van der Waals surface area (Å²) in [6.45, 7) is 12.9. The number of amides is 1. The van der Waals surface area contributed by atoms with Crippen molar-refractivity contribution in [1.29, 1.82) is 0 Å². The molecule has 3 aromatic rings. The fourth-order valence-corrected chi connectivity index (χ4v) is 5.17. The van der Waals surface area contributed by atoms with Crippen molar-refractivity contribution < 1.29 is 24.2 Å². The monoisotopic (exact) mass is 555 g/mol. The van der Waals surface area contributed by atoms with Crippen LogP contribution in [0.2, 0.25) is 0 Å². The van der Waals surface area contributed by atoms with Gasteiger partial charge in [0.05, 0.1) is 31.4 Å². The fourth-order valence-electron chi connectivity index (χ4n) is 5.17. The Morgan fingerprint density at radius 1 is 0.805 bits per heavy atom. The van der Waals surface area contributed by atoms with Crippen molar-refractivity contribution in [3.8, 4) is 11.5 Å². The third kappa shape index (κ3) is 6.17. The Hall–Kier alpha value is -4.06. The molecule has 0 bridgehead atoms. The third-order valence-electron chi connectivity index (χ3n) is 7.75. The van der Waals surface area contributed by atoms with E-state index in [0.717, 1.165) is 28.0 Å². The number of hydrogen-bond donors (Lipinski definition) is 1. The van der Waals surface area contributed by atoms with Crippen LogP contribution in [0.15, 0.2) is 72.3 Å². The van der Waals surface area contributed by atoms with Gasteiger partial charge in [0.25, 0.3) is 11.7 Å². The number of benzene rings is 3. The van der Waals surface area contributed by atoms with Crippen LogP contribution in [-0.4, -0.2) is 42.5 Å². The van der Waals surface area contributed by atoms with E-state index in [1.165, 1.54) is 7.11 Å². The number of methoxy groups -OCH3 is 2. The first-order chi connectivity index (χ1) is 19.3. The van der Waals surface area contributed by atoms with Crippen LogP contribution in [0.4, 0.5) is 0 Å². The molecule has 1 aliphatic heterocycles. The molecule has 4 rings (SSSR count). The molecule has 0 saturated carbocycles. The molecule has 216 valence electrons. The summed E-state index contributed by atoms with van der Waals surface area (Å²) in [5.41, 5.74) is 4.08. The van der Waals surface area contributed by atoms with Crippen LogP contribution in [0.3, 0.4) is 0 Å². The first-order valence-electron chi connectivity index (χ1n) is 14.0. The largest absolute Gasteiger partial charge is 0.507 e. The Labute approximate surface area is 243 Å². The number of hydrogen-bond acceptors (Lipinski definition) is 5. The zero-order chi connectivity index (χ0) is 30.1. The van der Waals surface area contributed by atoms with E-state index in [4.69, 9.17) is 9.47 Å². The number of ketones is 1. The van der Waals surface area contributed by atoms with Gasteiger partial charge in [-0.2, -0.15) is 0 Å². The van der Waals surface area contributed by atoms with Gasteiger partial charge in [0.1, 0.15) is 17.3 Å². The average molecular weight is 556 g/mol. The lowest BCUT2D eigenvalue weighted by Crippen LogP contribution is -2.31. The van der Waals surface area contributed by atoms with Crippen molar-refractivity contribution in [2.75, 3.05) is 20.8 Å². The first kappa shape index (κ1) is 29.9. The minimum atomic E-state index is -0.745. The molecule has 0 radical (unpaired) electrons. The minimum Gasteiger partial charge on any atom is -0.507 e. The number of carbonyl (C=O) groups is 2. The summed E-state index contributed by atoms with van der Waals surface area (Å²) in [6, 6.07) is 20.5. The first-order valence-corrected chi connectivity index (χ1v) is 14.0. The van der Waals surface area contributed by atoms with Crippen molar-refractivity contribution in [1.82, 2.24) is 4.90 Å². The molecule has 1 unspecified atom stereocenters. The summed E-state index contributed by atoms with van der Waals surface area (Å²) in [6.07, 6.45) is 0.538. The minimum absolute atomic E-state index is 0.0601. The maximum atomic E-state index is 13.7. The maximum Gasteiger partial charge on any atom is 0.295 e. The van der Waals surface area contributed by atoms with Gasteiger partial charge in [0.15, 0.2) is 0 Å². The number of rotatable bonds is 7. The van der Waals surface area contributed by atoms with Gasteiger partial charge in [0.2, 0.25) is 0 Å². The van der Waals surface area contributed by atoms with Crippen LogP contribution in [0.1, 0.15) is 75.4 Å². The number of carbonyl (C=O) groups excluding carboxylic acids is 2. The molecule has 1 N–H and O–H groups in total. The van der Waals surface area contributed by atoms with Gasteiger partial charge in [-0.1, -0.05) is 84.0 Å². The van der Waals surface area contributed by atoms with Crippen molar-refractivity contribution in [3.05, 3.63) is 100 Å². The molecular formula is C35H41NO5. The highest BCUT2D eigenvalue weighted by molar-refractivity contribution is 6.46. The summed E-state index contributed by atoms with van der Waals surface area (Å²) < 4.78 is 10.9. The summed E-state index contributed by atoms with van der Waals surface area (Å²) >= 11 is 0. The molecule has 0 aliphatic carbocycles. The molecule has 1 aliphatic rings. The lowest BCUT2D eigenvalue weighted by atomic mass is 9.84. The molecule has 1 fully saturated rings. The molecule has 0 spiro atoms. The van der Waals surface area contributed by atoms with E-state index in [9.17, 15) is 14.7 Å². The van der Waals surface area contributed by atoms with Crippen LogP contribution in [0.25, 0.3) is 5.76 Å². The van der Waals surface area contributed by atoms with Crippen LogP contribution in [0.5, 0.6) is 11.5 Å². The van der Waals surface area contributed by atoms with Crippen molar-refractivity contribution in [2.45, 2.75) is 64.8 Å². The van der Waals surface area contributed by atoms with Gasteiger partial charge in [-0.25, -0.2) is 0 Å². The summed E-state index contributed by atoms with van der Waals surface area (Å²) in [7, 11) is 3.14. The van der Waals surface area contributed by atoms with Crippen LogP contribution in [0, 0.1) is 0 Å². The Balaban J connectivity index is 1.85. The molecule has 41 heavy (non-hydrogen) atoms. The smallest absolute Gasteiger partial charge is 0.295 e. The lowest BCUT2D eigenvalue weighted by Gasteiger charge is -2.27. The van der Waals surface area contributed by atoms with Gasteiger partial charge < -0.3 is 19.5 Å². The molecule has 6 nitrogen and oxygen atoms in total. The number of Topliss-reactive ketones (excluding diaryl/α,β-unsaturated/α-hetero) is 1. The Morgan fingerprint density at radius 3 is 1.93 bits per heavy atom. The van der Waals surface area contributed by atoms with Crippen LogP contribution < -0.4 is 9.47 Å². The number of likely N-dealkylation sites (tertiary alicyclic amines) is 1. The van der Waals surface area contributed by atoms with E-state index in [2.05, 4.69) is 41.5 Å². The highest BCUT2D eigenvalue weighted by Gasteiger charge is 2.46. The molecule has 6 heteroatoms. The van der Waals surface area contributed by atoms with Gasteiger partial charge in [-0.3, -0.25) is 9.59 Å². The van der Waals surface area contributed by atoms with E-state index in [1.54, 1.807) is 18.1 Å². The maximum absolute atomic E-state index is 13.7. The quantitative estimate of drug-likeness (QED) is 0.194. The molecule has 3 aromatic carbocycles. The third-order valence-corrected chi connectivity index (χ3v) is 7.75. The van der Waals surface area contributed by atoms with Crippen LogP contribution in [-0.2, 0) is 26.8 Å². The average Bonchev–Trinajstić information content (AvgIpc) is 3.19. The van der Waals surface area contributed by atoms with E-state index in [0.29, 0.717) is 24.3 Å². The molecular weight excluding hydrogens is 514 g/mol. The molecule has 1 heterocycles. The van der Waals surface area contributed by atoms with Crippen molar-refractivity contribution >= 4 is 17.4 Å². The van der Waals surface area contributed by atoms with Crippen molar-refractivity contribution in [3.63, 3.8) is 0 Å². The van der Waals surface area contributed by atoms with E-state index in [1.807, 2.05) is 60.7 Å². The second-order valence-corrected chi connectivity index (χ2v) is 12.6. The van der Waals surface area contributed by atoms with Gasteiger partial charge in [-0.15, -0.1) is 0 Å². The number of aliphatic hydroxyl groups excluding tert-OH is 1. The summed E-state index contributed by atoms with van der Waals surface area (Å²) in [5.74, 6) is -0.384. The van der Waals surface area contributed by atoms with Gasteiger partial charge >= 0.3 is 0 Å². The van der Waals surface area contributed by atoms with E-state index >= 15 is 0 Å². The molecule has 1 saturated heterocycles. The second-order valence-electron chi connectivity index (χ2n) is 12.6. The fraction of sp³-hybridized carbons (Fsp3) is 0.371. The van der Waals surface area contributed by atoms with E-state index < -0.39 is 17.7 Å². The topological polar surface area (TPSA) is 76.1 Å². The van der Waals surface area contributed by atoms with Crippen molar-refractivity contribution in [2.24, 2.45) is 0 Å². The highest BCUT2D eigenvalue weighted by atomic mass is 16.5. The predicted octanol–water partition coefficient (Wildman–Crippen LogP) is 6.96. The number of aliphatic hydroxyl groups is 1. The highest BCUT2D eigenvalue weighted by Crippen LogP contribution is 2.42. The number of nitrogens with zero attached hydrogens (tertiary/aromatic N) is 1. The van der Waals surface area contributed by atoms with Crippen LogP contribution >= 0.6 is 0 Å². The Kier molecular flexibility index (Phi) is 8.34. The summed E-state index contributed by atoms with van der Waals surface area (Å²) in [4.78, 5) is 28.8. The molecule has 1 atom stereocenters.